The van der Waals surface area contributed by atoms with Gasteiger partial charge in [-0.05, 0) is 48.8 Å². The molecule has 0 bridgehead atoms. The van der Waals surface area contributed by atoms with Gasteiger partial charge in [-0.3, -0.25) is 0 Å². The molecule has 4 rings (SSSR count). The van der Waals surface area contributed by atoms with Gasteiger partial charge in [0, 0.05) is 6.20 Å². The Labute approximate surface area is 177 Å². The Hall–Kier alpha value is -3.53. The molecule has 1 aliphatic rings. The SMILES string of the molecule is CCOC(=O)C1=CC(C)=CN(C(c2ccccc2)c2ccccc2)C1c1ccco1. The van der Waals surface area contributed by atoms with Crippen molar-refractivity contribution < 1.29 is 13.9 Å². The Bertz CT molecular complexity index is 997. The second-order valence-corrected chi connectivity index (χ2v) is 7.28. The van der Waals surface area contributed by atoms with Gasteiger partial charge < -0.3 is 14.1 Å². The molecule has 0 radical (unpaired) electrons. The van der Waals surface area contributed by atoms with E-state index < -0.39 is 6.04 Å². The Morgan fingerprint density at radius 2 is 1.63 bits per heavy atom. The monoisotopic (exact) mass is 399 g/mol. The van der Waals surface area contributed by atoms with Crippen molar-refractivity contribution >= 4 is 5.97 Å². The summed E-state index contributed by atoms with van der Waals surface area (Å²) in [5.41, 5.74) is 3.82. The average molecular weight is 399 g/mol. The van der Waals surface area contributed by atoms with Gasteiger partial charge in [0.05, 0.1) is 24.5 Å². The number of carbonyl (C=O) groups is 1. The summed E-state index contributed by atoms with van der Waals surface area (Å²) in [6.45, 7) is 4.14. The van der Waals surface area contributed by atoms with Gasteiger partial charge in [-0.15, -0.1) is 0 Å². The van der Waals surface area contributed by atoms with Crippen molar-refractivity contribution in [1.82, 2.24) is 4.90 Å². The molecule has 1 unspecified atom stereocenters. The molecule has 2 aromatic carbocycles. The average Bonchev–Trinajstić information content (AvgIpc) is 3.30. The van der Waals surface area contributed by atoms with E-state index in [0.717, 1.165) is 16.7 Å². The summed E-state index contributed by atoms with van der Waals surface area (Å²) in [4.78, 5) is 15.1. The smallest absolute Gasteiger partial charge is 0.336 e. The number of esters is 1. The van der Waals surface area contributed by atoms with Gasteiger partial charge in [0.1, 0.15) is 11.8 Å². The highest BCUT2D eigenvalue weighted by Gasteiger charge is 2.37. The number of hydrogen-bond donors (Lipinski definition) is 0. The summed E-state index contributed by atoms with van der Waals surface area (Å²) in [6.07, 6.45) is 5.64. The van der Waals surface area contributed by atoms with Crippen molar-refractivity contribution in [2.75, 3.05) is 6.61 Å². The molecule has 1 atom stereocenters. The highest BCUT2D eigenvalue weighted by molar-refractivity contribution is 5.91. The van der Waals surface area contributed by atoms with Crippen LogP contribution in [0.3, 0.4) is 0 Å². The lowest BCUT2D eigenvalue weighted by molar-refractivity contribution is -0.139. The van der Waals surface area contributed by atoms with Crippen LogP contribution in [0.2, 0.25) is 0 Å². The van der Waals surface area contributed by atoms with Gasteiger partial charge in [0.2, 0.25) is 0 Å². The molecule has 0 spiro atoms. The molecule has 0 aliphatic carbocycles. The summed E-state index contributed by atoms with van der Waals surface area (Å²) in [6, 6.07) is 23.9. The van der Waals surface area contributed by atoms with Crippen molar-refractivity contribution in [3.05, 3.63) is 119 Å². The van der Waals surface area contributed by atoms with Crippen LogP contribution >= 0.6 is 0 Å². The zero-order chi connectivity index (χ0) is 20.9. The van der Waals surface area contributed by atoms with Gasteiger partial charge >= 0.3 is 5.97 Å². The first-order valence-electron chi connectivity index (χ1n) is 10.2. The van der Waals surface area contributed by atoms with Crippen LogP contribution in [0.15, 0.2) is 107 Å². The van der Waals surface area contributed by atoms with Gasteiger partial charge in [0.25, 0.3) is 0 Å². The molecule has 1 aromatic heterocycles. The van der Waals surface area contributed by atoms with Crippen LogP contribution in [-0.2, 0) is 9.53 Å². The van der Waals surface area contributed by atoms with Crippen LogP contribution in [0.1, 0.15) is 42.8 Å². The standard InChI is InChI=1S/C26H25NO3/c1-3-29-26(28)22-17-19(2)18-27(25(22)23-15-10-16-30-23)24(20-11-6-4-7-12-20)21-13-8-5-9-14-21/h4-18,24-25H,3H2,1-2H3. The quantitative estimate of drug-likeness (QED) is 0.490. The number of rotatable bonds is 6. The van der Waals surface area contributed by atoms with Crippen molar-refractivity contribution in [2.24, 2.45) is 0 Å². The van der Waals surface area contributed by atoms with Crippen LogP contribution < -0.4 is 0 Å². The van der Waals surface area contributed by atoms with Crippen LogP contribution in [0.5, 0.6) is 0 Å². The minimum atomic E-state index is -0.395. The van der Waals surface area contributed by atoms with E-state index in [1.807, 2.05) is 68.5 Å². The van der Waals surface area contributed by atoms with Crippen molar-refractivity contribution in [3.8, 4) is 0 Å². The first-order chi connectivity index (χ1) is 14.7. The minimum absolute atomic E-state index is 0.101. The van der Waals surface area contributed by atoms with Crippen LogP contribution in [-0.4, -0.2) is 17.5 Å². The minimum Gasteiger partial charge on any atom is -0.467 e. The number of benzene rings is 2. The predicted octanol–water partition coefficient (Wildman–Crippen LogP) is 5.82. The van der Waals surface area contributed by atoms with Gasteiger partial charge in [-0.2, -0.15) is 0 Å². The summed E-state index contributed by atoms with van der Waals surface area (Å²) in [5.74, 6) is 0.381. The highest BCUT2D eigenvalue weighted by Crippen LogP contribution is 2.42. The number of hydrogen-bond acceptors (Lipinski definition) is 4. The van der Waals surface area contributed by atoms with Gasteiger partial charge in [-0.25, -0.2) is 4.79 Å². The molecule has 4 heteroatoms. The molecule has 0 saturated carbocycles. The van der Waals surface area contributed by atoms with E-state index in [0.29, 0.717) is 17.9 Å². The largest absolute Gasteiger partial charge is 0.467 e. The molecule has 4 nitrogen and oxygen atoms in total. The Morgan fingerprint density at radius 3 is 2.17 bits per heavy atom. The van der Waals surface area contributed by atoms with Crippen LogP contribution in [0, 0.1) is 0 Å². The summed E-state index contributed by atoms with van der Waals surface area (Å²) in [7, 11) is 0. The Balaban J connectivity index is 1.88. The molecule has 0 saturated heterocycles. The molecule has 30 heavy (non-hydrogen) atoms. The molecule has 0 fully saturated rings. The highest BCUT2D eigenvalue weighted by atomic mass is 16.5. The first kappa shape index (κ1) is 19.8. The molecular weight excluding hydrogens is 374 g/mol. The van der Waals surface area contributed by atoms with Crippen LogP contribution in [0.25, 0.3) is 0 Å². The summed E-state index contributed by atoms with van der Waals surface area (Å²) in [5, 5.41) is 0. The van der Waals surface area contributed by atoms with Gasteiger partial charge in [-0.1, -0.05) is 60.7 Å². The third kappa shape index (κ3) is 3.94. The Kier molecular flexibility index (Phi) is 5.84. The zero-order valence-corrected chi connectivity index (χ0v) is 17.2. The maximum Gasteiger partial charge on any atom is 0.336 e. The number of furan rings is 1. The van der Waals surface area contributed by atoms with E-state index in [4.69, 9.17) is 9.15 Å². The normalized spacial score (nSPS) is 16.2. The first-order valence-corrected chi connectivity index (χ1v) is 10.2. The second-order valence-electron chi connectivity index (χ2n) is 7.28. The molecule has 0 N–H and O–H groups in total. The topological polar surface area (TPSA) is 42.7 Å². The van der Waals surface area contributed by atoms with E-state index in [2.05, 4.69) is 35.4 Å². The molecule has 152 valence electrons. The lowest BCUT2D eigenvalue weighted by atomic mass is 9.90. The lowest BCUT2D eigenvalue weighted by Gasteiger charge is -2.40. The zero-order valence-electron chi connectivity index (χ0n) is 17.2. The molecule has 3 aromatic rings. The van der Waals surface area contributed by atoms with E-state index >= 15 is 0 Å². The number of carbonyl (C=O) groups excluding carboxylic acids is 1. The Morgan fingerprint density at radius 1 is 1.00 bits per heavy atom. The summed E-state index contributed by atoms with van der Waals surface area (Å²) >= 11 is 0. The number of ether oxygens (including phenoxy) is 1. The fraction of sp³-hybridized carbons (Fsp3) is 0.192. The van der Waals surface area contributed by atoms with E-state index in [-0.39, 0.29) is 12.0 Å². The van der Waals surface area contributed by atoms with Crippen molar-refractivity contribution in [3.63, 3.8) is 0 Å². The molecular formula is C26H25NO3. The maximum absolute atomic E-state index is 12.9. The fourth-order valence-corrected chi connectivity index (χ4v) is 3.99. The summed E-state index contributed by atoms with van der Waals surface area (Å²) < 4.78 is 11.2. The molecule has 2 heterocycles. The number of allylic oxidation sites excluding steroid dienone is 2. The van der Waals surface area contributed by atoms with E-state index in [1.165, 1.54) is 0 Å². The third-order valence-corrected chi connectivity index (χ3v) is 5.18. The van der Waals surface area contributed by atoms with Crippen LogP contribution in [0.4, 0.5) is 0 Å². The third-order valence-electron chi connectivity index (χ3n) is 5.18. The van der Waals surface area contributed by atoms with Crippen molar-refractivity contribution in [1.29, 1.82) is 0 Å². The van der Waals surface area contributed by atoms with E-state index in [9.17, 15) is 4.79 Å². The van der Waals surface area contributed by atoms with E-state index in [1.54, 1.807) is 6.26 Å². The van der Waals surface area contributed by atoms with Gasteiger partial charge in [0.15, 0.2) is 0 Å². The van der Waals surface area contributed by atoms with Crippen molar-refractivity contribution in [2.45, 2.75) is 25.9 Å². The molecule has 0 amide bonds. The lowest BCUT2D eigenvalue weighted by Crippen LogP contribution is -2.35. The second kappa shape index (κ2) is 8.87. The number of nitrogens with zero attached hydrogens (tertiary/aromatic N) is 1. The maximum atomic E-state index is 12.9. The molecule has 1 aliphatic heterocycles. The predicted molar refractivity (Wildman–Crippen MR) is 116 cm³/mol. The fourth-order valence-electron chi connectivity index (χ4n) is 3.99.